The fraction of sp³-hybridized carbons (Fsp3) is 0.485. The summed E-state index contributed by atoms with van der Waals surface area (Å²) in [6.45, 7) is 13.7. The molecule has 2 aromatic rings. The Morgan fingerprint density at radius 2 is 1.31 bits per heavy atom. The van der Waals surface area contributed by atoms with Crippen molar-refractivity contribution in [1.29, 1.82) is 0 Å². The van der Waals surface area contributed by atoms with Crippen molar-refractivity contribution in [1.82, 2.24) is 4.98 Å². The standard InChI is InChI=1S/C17H23NO7.C16H23NO5S2/c1-14(2)17(19)25-12-11-23-8-7-22-9-10-24-13-15-5-3-4-6-16(15)18(20)21;1-2-16(18)22-12-11-20-8-7-19-9-10-21-13-14-23-24-15-5-3-4-6-17-15/h3-6H,1,7-13H2,2H3;2-6H,1,7-14H2. The van der Waals surface area contributed by atoms with Gasteiger partial charge in [0, 0.05) is 29.7 Å². The molecule has 1 aromatic carbocycles. The number of rotatable bonds is 28. The summed E-state index contributed by atoms with van der Waals surface area (Å²) in [7, 11) is 3.36. The van der Waals surface area contributed by atoms with Crippen molar-refractivity contribution < 1.29 is 52.4 Å². The van der Waals surface area contributed by atoms with Gasteiger partial charge in [-0.25, -0.2) is 14.6 Å². The normalized spacial score (nSPS) is 10.5. The number of ether oxygens (including phenoxy) is 8. The number of benzene rings is 1. The first kappa shape index (κ1) is 43.7. The summed E-state index contributed by atoms with van der Waals surface area (Å²) in [6.07, 6.45) is 2.91. The summed E-state index contributed by atoms with van der Waals surface area (Å²) in [6, 6.07) is 12.3. The molecule has 1 heterocycles. The lowest BCUT2D eigenvalue weighted by molar-refractivity contribution is -0.386. The van der Waals surface area contributed by atoms with E-state index in [1.54, 1.807) is 52.9 Å². The van der Waals surface area contributed by atoms with Crippen LogP contribution in [0.15, 0.2) is 78.5 Å². The number of para-hydroxylation sites is 1. The van der Waals surface area contributed by atoms with E-state index in [1.165, 1.54) is 6.07 Å². The van der Waals surface area contributed by atoms with Crippen LogP contribution in [0.1, 0.15) is 12.5 Å². The quantitative estimate of drug-likeness (QED) is 0.0291. The molecule has 0 spiro atoms. The Balaban J connectivity index is 0.000000490. The first-order chi connectivity index (χ1) is 23.8. The van der Waals surface area contributed by atoms with Gasteiger partial charge in [0.2, 0.25) is 0 Å². The van der Waals surface area contributed by atoms with Crippen LogP contribution < -0.4 is 0 Å². The second kappa shape index (κ2) is 30.7. The molecule has 1 aromatic heterocycles. The van der Waals surface area contributed by atoms with Crippen molar-refractivity contribution in [3.05, 3.63) is 89.1 Å². The predicted octanol–water partition coefficient (Wildman–Crippen LogP) is 4.86. The van der Waals surface area contributed by atoms with Crippen LogP contribution in [0.2, 0.25) is 0 Å². The Kier molecular flexibility index (Phi) is 27.4. The SMILES string of the molecule is C=C(C)C(=O)OCCOCCOCCOCc1ccccc1[N+](=O)[O-].C=CC(=O)OCCOCCOCCOCCSSc1ccccn1. The number of esters is 2. The number of nitrogens with zero attached hydrogens (tertiary/aromatic N) is 2. The smallest absolute Gasteiger partial charge is 0.333 e. The third kappa shape index (κ3) is 25.3. The van der Waals surface area contributed by atoms with Gasteiger partial charge in [-0.15, -0.1) is 0 Å². The Morgan fingerprint density at radius 1 is 0.776 bits per heavy atom. The minimum atomic E-state index is -0.441. The fourth-order valence-corrected chi connectivity index (χ4v) is 4.88. The zero-order valence-electron chi connectivity index (χ0n) is 27.8. The van der Waals surface area contributed by atoms with E-state index >= 15 is 0 Å². The minimum Gasteiger partial charge on any atom is -0.460 e. The second-order valence-electron chi connectivity index (χ2n) is 9.36. The topological polar surface area (TPSA) is 164 Å². The maximum Gasteiger partial charge on any atom is 0.333 e. The van der Waals surface area contributed by atoms with Crippen LogP contribution in [-0.2, 0) is 54.1 Å². The molecule has 0 aliphatic heterocycles. The lowest BCUT2D eigenvalue weighted by atomic mass is 10.2. The molecule has 0 saturated heterocycles. The van der Waals surface area contributed by atoms with E-state index < -0.39 is 16.9 Å². The summed E-state index contributed by atoms with van der Waals surface area (Å²) in [4.78, 5) is 36.5. The zero-order chi connectivity index (χ0) is 35.8. The number of nitro groups is 1. The van der Waals surface area contributed by atoms with E-state index in [2.05, 4.69) is 18.1 Å². The molecule has 0 atom stereocenters. The van der Waals surface area contributed by atoms with Crippen LogP contribution in [-0.4, -0.2) is 113 Å². The number of aromatic nitrogens is 1. The summed E-state index contributed by atoms with van der Waals surface area (Å²) in [5, 5.41) is 11.9. The molecule has 0 aliphatic carbocycles. The average molecular weight is 727 g/mol. The van der Waals surface area contributed by atoms with Crippen molar-refractivity contribution in [3.8, 4) is 0 Å². The number of carbonyl (C=O) groups excluding carboxylic acids is 2. The van der Waals surface area contributed by atoms with Crippen molar-refractivity contribution >= 4 is 39.2 Å². The Morgan fingerprint density at radius 3 is 1.86 bits per heavy atom. The molecule has 0 unspecified atom stereocenters. The minimum absolute atomic E-state index is 0.0455. The molecule has 0 radical (unpaired) electrons. The summed E-state index contributed by atoms with van der Waals surface area (Å²) < 4.78 is 41.6. The van der Waals surface area contributed by atoms with Crippen molar-refractivity contribution in [2.45, 2.75) is 18.6 Å². The molecule has 16 heteroatoms. The van der Waals surface area contributed by atoms with E-state index in [0.717, 1.165) is 16.9 Å². The molecule has 272 valence electrons. The highest BCUT2D eigenvalue weighted by Crippen LogP contribution is 2.28. The maximum absolute atomic E-state index is 11.1. The largest absolute Gasteiger partial charge is 0.460 e. The molecule has 0 fully saturated rings. The summed E-state index contributed by atoms with van der Waals surface area (Å²) in [5.41, 5.74) is 0.925. The first-order valence-corrected chi connectivity index (χ1v) is 17.7. The second-order valence-corrected chi connectivity index (χ2v) is 11.8. The van der Waals surface area contributed by atoms with E-state index in [-0.39, 0.29) is 32.1 Å². The van der Waals surface area contributed by atoms with Gasteiger partial charge in [-0.3, -0.25) is 10.1 Å². The number of hydrogen-bond acceptors (Lipinski definition) is 15. The third-order valence-electron chi connectivity index (χ3n) is 5.47. The third-order valence-corrected chi connectivity index (χ3v) is 7.70. The number of nitro benzene ring substituents is 1. The average Bonchev–Trinajstić information content (AvgIpc) is 3.11. The highest BCUT2D eigenvalue weighted by molar-refractivity contribution is 8.76. The first-order valence-electron chi connectivity index (χ1n) is 15.4. The van der Waals surface area contributed by atoms with E-state index in [4.69, 9.17) is 37.9 Å². The van der Waals surface area contributed by atoms with Gasteiger partial charge in [0.15, 0.2) is 0 Å². The molecule has 0 N–H and O–H groups in total. The van der Waals surface area contributed by atoms with Crippen LogP contribution in [0, 0.1) is 10.1 Å². The van der Waals surface area contributed by atoms with Gasteiger partial charge >= 0.3 is 11.9 Å². The van der Waals surface area contributed by atoms with Crippen molar-refractivity contribution in [2.24, 2.45) is 0 Å². The van der Waals surface area contributed by atoms with Gasteiger partial charge in [0.05, 0.1) is 89.8 Å². The molecule has 14 nitrogen and oxygen atoms in total. The Labute approximate surface area is 295 Å². The Hall–Kier alpha value is -3.35. The number of pyridine rings is 1. The van der Waals surface area contributed by atoms with Crippen LogP contribution in [0.4, 0.5) is 5.69 Å². The lowest BCUT2D eigenvalue weighted by Crippen LogP contribution is -2.14. The van der Waals surface area contributed by atoms with E-state index in [0.29, 0.717) is 77.2 Å². The summed E-state index contributed by atoms with van der Waals surface area (Å²) in [5.74, 6) is 0.0209. The molecule has 49 heavy (non-hydrogen) atoms. The van der Waals surface area contributed by atoms with Crippen LogP contribution in [0.5, 0.6) is 0 Å². The highest BCUT2D eigenvalue weighted by atomic mass is 33.1. The molecular formula is C33H46N2O12S2. The van der Waals surface area contributed by atoms with Gasteiger partial charge in [-0.05, 0) is 35.9 Å². The molecule has 0 saturated carbocycles. The molecule has 0 bridgehead atoms. The molecular weight excluding hydrogens is 680 g/mol. The lowest BCUT2D eigenvalue weighted by Gasteiger charge is -2.08. The van der Waals surface area contributed by atoms with E-state index in [9.17, 15) is 19.7 Å². The van der Waals surface area contributed by atoms with Crippen LogP contribution in [0.25, 0.3) is 0 Å². The van der Waals surface area contributed by atoms with Gasteiger partial charge in [-0.1, -0.05) is 42.2 Å². The van der Waals surface area contributed by atoms with Crippen LogP contribution in [0.3, 0.4) is 0 Å². The maximum atomic E-state index is 11.1. The van der Waals surface area contributed by atoms with Crippen LogP contribution >= 0.6 is 21.6 Å². The van der Waals surface area contributed by atoms with Crippen molar-refractivity contribution in [2.75, 3.05) is 91.6 Å². The summed E-state index contributed by atoms with van der Waals surface area (Å²) >= 11 is 0. The fourth-order valence-electron chi connectivity index (χ4n) is 3.14. The molecule has 2 rings (SSSR count). The number of hydrogen-bond donors (Lipinski definition) is 0. The van der Waals surface area contributed by atoms with E-state index in [1.807, 2.05) is 18.2 Å². The van der Waals surface area contributed by atoms with Crippen molar-refractivity contribution in [3.63, 3.8) is 0 Å². The van der Waals surface area contributed by atoms with Gasteiger partial charge in [0.25, 0.3) is 5.69 Å². The van der Waals surface area contributed by atoms with Gasteiger partial charge in [-0.2, -0.15) is 0 Å². The molecule has 0 amide bonds. The highest BCUT2D eigenvalue weighted by Gasteiger charge is 2.11. The Bertz CT molecular complexity index is 1210. The predicted molar refractivity (Wildman–Crippen MR) is 186 cm³/mol. The number of carbonyl (C=O) groups is 2. The molecule has 0 aliphatic rings. The monoisotopic (exact) mass is 726 g/mol. The zero-order valence-corrected chi connectivity index (χ0v) is 29.5. The van der Waals surface area contributed by atoms with Gasteiger partial charge < -0.3 is 37.9 Å². The van der Waals surface area contributed by atoms with Gasteiger partial charge in [0.1, 0.15) is 18.2 Å².